The summed E-state index contributed by atoms with van der Waals surface area (Å²) in [5, 5.41) is 0. The first-order chi connectivity index (χ1) is 16.3. The molecule has 1 aliphatic rings. The number of sulfonamides is 1. The first-order valence-electron chi connectivity index (χ1n) is 9.93. The molecule has 1 aromatic heterocycles. The minimum atomic E-state index is -5.21. The molecule has 186 valence electrons. The van der Waals surface area contributed by atoms with Crippen LogP contribution in [0.4, 0.5) is 30.7 Å². The van der Waals surface area contributed by atoms with Crippen molar-refractivity contribution in [3.63, 3.8) is 0 Å². The number of hydrogen-bond donors (Lipinski definition) is 0. The zero-order valence-electron chi connectivity index (χ0n) is 17.5. The molecular weight excluding hydrogens is 505 g/mol. The van der Waals surface area contributed by atoms with Gasteiger partial charge >= 0.3 is 12.4 Å². The molecular formula is C22H15F7N2O3S. The van der Waals surface area contributed by atoms with E-state index in [0.29, 0.717) is 11.1 Å². The molecule has 0 N–H and O–H groups in total. The van der Waals surface area contributed by atoms with Gasteiger partial charge in [0.2, 0.25) is 15.9 Å². The zero-order valence-corrected chi connectivity index (χ0v) is 18.3. The Hall–Kier alpha value is -3.19. The van der Waals surface area contributed by atoms with Crippen LogP contribution in [0, 0.1) is 5.82 Å². The van der Waals surface area contributed by atoms with Gasteiger partial charge in [-0.2, -0.15) is 30.6 Å². The number of fused-ring (bicyclic) bond motifs is 1. The van der Waals surface area contributed by atoms with Gasteiger partial charge in [-0.05, 0) is 47.5 Å². The smallest absolute Gasteiger partial charge is 0.416 e. The normalized spacial score (nSPS) is 15.3. The predicted molar refractivity (Wildman–Crippen MR) is 109 cm³/mol. The highest BCUT2D eigenvalue weighted by Crippen LogP contribution is 2.39. The highest BCUT2D eigenvalue weighted by molar-refractivity contribution is 7.89. The van der Waals surface area contributed by atoms with Crippen LogP contribution < -0.4 is 4.74 Å². The second-order valence-electron chi connectivity index (χ2n) is 7.58. The van der Waals surface area contributed by atoms with E-state index in [1.165, 1.54) is 36.5 Å². The largest absolute Gasteiger partial charge is 0.476 e. The van der Waals surface area contributed by atoms with Gasteiger partial charge in [0.15, 0.2) is 0 Å². The Kier molecular flexibility index (Phi) is 6.26. The summed E-state index contributed by atoms with van der Waals surface area (Å²) < 4.78 is 126. The molecule has 0 spiro atoms. The van der Waals surface area contributed by atoms with E-state index in [9.17, 15) is 39.2 Å². The Balaban J connectivity index is 1.80. The van der Waals surface area contributed by atoms with E-state index in [1.807, 2.05) is 0 Å². The minimum absolute atomic E-state index is 0.0459. The molecule has 0 unspecified atom stereocenters. The molecule has 0 atom stereocenters. The fourth-order valence-corrected chi connectivity index (χ4v) is 5.04. The number of benzene rings is 2. The number of ether oxygens (including phenoxy) is 1. The van der Waals surface area contributed by atoms with Crippen LogP contribution in [0.1, 0.15) is 16.7 Å². The van der Waals surface area contributed by atoms with Crippen LogP contribution in [0.2, 0.25) is 0 Å². The molecule has 0 amide bonds. The molecule has 1 aliphatic heterocycles. The van der Waals surface area contributed by atoms with E-state index >= 15 is 0 Å². The Morgan fingerprint density at radius 2 is 1.49 bits per heavy atom. The first kappa shape index (κ1) is 24.9. The third-order valence-corrected chi connectivity index (χ3v) is 7.11. The van der Waals surface area contributed by atoms with E-state index in [2.05, 4.69) is 4.98 Å². The van der Waals surface area contributed by atoms with Crippen molar-refractivity contribution >= 4 is 10.0 Å². The number of pyridine rings is 1. The molecule has 3 aromatic rings. The molecule has 0 saturated carbocycles. The van der Waals surface area contributed by atoms with Crippen molar-refractivity contribution in [1.82, 2.24) is 9.29 Å². The van der Waals surface area contributed by atoms with E-state index < -0.39 is 50.8 Å². The monoisotopic (exact) mass is 520 g/mol. The van der Waals surface area contributed by atoms with E-state index in [-0.39, 0.29) is 42.8 Å². The van der Waals surface area contributed by atoms with Crippen molar-refractivity contribution in [3.8, 4) is 17.0 Å². The summed E-state index contributed by atoms with van der Waals surface area (Å²) in [7, 11) is -4.83. The lowest BCUT2D eigenvalue weighted by Gasteiger charge is -2.22. The summed E-state index contributed by atoms with van der Waals surface area (Å²) in [5.41, 5.74) is -2.37. The third-order valence-electron chi connectivity index (χ3n) is 5.28. The molecule has 0 fully saturated rings. The van der Waals surface area contributed by atoms with Gasteiger partial charge in [0, 0.05) is 24.8 Å². The van der Waals surface area contributed by atoms with Crippen molar-refractivity contribution in [2.24, 2.45) is 0 Å². The lowest BCUT2D eigenvalue weighted by atomic mass is 10.0. The summed E-state index contributed by atoms with van der Waals surface area (Å²) in [5.74, 6) is -0.469. The average Bonchev–Trinajstić information content (AvgIpc) is 3.01. The lowest BCUT2D eigenvalue weighted by Crippen LogP contribution is -2.33. The van der Waals surface area contributed by atoms with Crippen LogP contribution in [0.25, 0.3) is 11.1 Å². The van der Waals surface area contributed by atoms with Gasteiger partial charge < -0.3 is 4.74 Å². The van der Waals surface area contributed by atoms with Crippen molar-refractivity contribution in [1.29, 1.82) is 0 Å². The number of hydrogen-bond acceptors (Lipinski definition) is 4. The maximum atomic E-state index is 13.4. The van der Waals surface area contributed by atoms with Gasteiger partial charge in [0.25, 0.3) is 0 Å². The van der Waals surface area contributed by atoms with E-state index in [0.717, 1.165) is 4.31 Å². The number of nitrogens with zero attached hydrogens (tertiary/aromatic N) is 2. The maximum Gasteiger partial charge on any atom is 0.416 e. The Labute approximate surface area is 194 Å². The van der Waals surface area contributed by atoms with Crippen LogP contribution in [0.5, 0.6) is 5.88 Å². The molecule has 0 radical (unpaired) electrons. The first-order valence-corrected chi connectivity index (χ1v) is 11.4. The predicted octanol–water partition coefficient (Wildman–Crippen LogP) is 5.51. The Morgan fingerprint density at radius 1 is 0.886 bits per heavy atom. The quantitative estimate of drug-likeness (QED) is 0.428. The molecule has 2 aromatic carbocycles. The number of halogens is 7. The summed E-state index contributed by atoms with van der Waals surface area (Å²) in [6.07, 6.45) is -9.04. The Bertz CT molecular complexity index is 1320. The molecule has 2 heterocycles. The third kappa shape index (κ3) is 5.10. The lowest BCUT2D eigenvalue weighted by molar-refractivity contribution is -0.143. The highest BCUT2D eigenvalue weighted by atomic mass is 32.2. The minimum Gasteiger partial charge on any atom is -0.476 e. The zero-order chi connectivity index (χ0) is 25.6. The van der Waals surface area contributed by atoms with Gasteiger partial charge in [-0.25, -0.2) is 17.8 Å². The molecule has 13 heteroatoms. The van der Waals surface area contributed by atoms with Crippen molar-refractivity contribution in [3.05, 3.63) is 77.2 Å². The van der Waals surface area contributed by atoms with Gasteiger partial charge in [-0.3, -0.25) is 0 Å². The van der Waals surface area contributed by atoms with Crippen LogP contribution in [-0.4, -0.2) is 30.9 Å². The fraction of sp³-hybridized carbons (Fsp3) is 0.227. The summed E-state index contributed by atoms with van der Waals surface area (Å²) in [6.45, 7) is -1.06. The number of alkyl halides is 6. The average molecular weight is 520 g/mol. The van der Waals surface area contributed by atoms with Crippen LogP contribution in [0.3, 0.4) is 0 Å². The number of rotatable bonds is 3. The summed E-state index contributed by atoms with van der Waals surface area (Å²) >= 11 is 0. The second-order valence-corrected chi connectivity index (χ2v) is 9.52. The summed E-state index contributed by atoms with van der Waals surface area (Å²) in [4.78, 5) is 2.89. The number of aromatic nitrogens is 1. The van der Waals surface area contributed by atoms with E-state index in [4.69, 9.17) is 4.74 Å². The van der Waals surface area contributed by atoms with Gasteiger partial charge in [0.1, 0.15) is 12.4 Å². The molecule has 5 nitrogen and oxygen atoms in total. The second kappa shape index (κ2) is 8.79. The van der Waals surface area contributed by atoms with Crippen molar-refractivity contribution < 1.29 is 43.9 Å². The van der Waals surface area contributed by atoms with Crippen LogP contribution >= 0.6 is 0 Å². The Morgan fingerprint density at radius 3 is 2.06 bits per heavy atom. The molecule has 0 aliphatic carbocycles. The SMILES string of the molecule is O=S(=O)(c1cc(C(F)(F)F)cc(C(F)(F)F)c1)N1CCOc2nccc(-c3ccc(F)cc3)c2C1. The molecule has 0 saturated heterocycles. The van der Waals surface area contributed by atoms with Gasteiger partial charge in [0.05, 0.1) is 16.0 Å². The fourth-order valence-electron chi connectivity index (χ4n) is 3.58. The van der Waals surface area contributed by atoms with Gasteiger partial charge in [-0.1, -0.05) is 12.1 Å². The molecule has 0 bridgehead atoms. The molecule has 35 heavy (non-hydrogen) atoms. The molecule has 4 rings (SSSR count). The topological polar surface area (TPSA) is 59.5 Å². The van der Waals surface area contributed by atoms with Crippen molar-refractivity contribution in [2.75, 3.05) is 13.2 Å². The standard InChI is InChI=1S/C22H15F7N2O3S/c23-16-3-1-13(2-4-16)18-5-6-30-20-19(18)12-31(7-8-34-20)35(32,33)17-10-14(21(24,25)26)9-15(11-17)22(27,28)29/h1-6,9-11H,7-8,12H2. The summed E-state index contributed by atoms with van der Waals surface area (Å²) in [6, 6.07) is 6.91. The maximum absolute atomic E-state index is 13.4. The van der Waals surface area contributed by atoms with Crippen LogP contribution in [0.15, 0.2) is 59.6 Å². The van der Waals surface area contributed by atoms with Gasteiger partial charge in [-0.15, -0.1) is 0 Å². The van der Waals surface area contributed by atoms with Crippen LogP contribution in [-0.2, 0) is 28.9 Å². The van der Waals surface area contributed by atoms with Crippen molar-refractivity contribution in [2.45, 2.75) is 23.8 Å². The highest BCUT2D eigenvalue weighted by Gasteiger charge is 2.39. The van der Waals surface area contributed by atoms with E-state index in [1.54, 1.807) is 0 Å².